The average molecular weight is 517 g/mol. The van der Waals surface area contributed by atoms with E-state index in [9.17, 15) is 4.79 Å². The minimum Gasteiger partial charge on any atom is -1.00 e. The van der Waals surface area contributed by atoms with Crippen molar-refractivity contribution in [3.63, 3.8) is 0 Å². The molecule has 0 saturated carbocycles. The number of fused-ring (bicyclic) bond motifs is 1. The van der Waals surface area contributed by atoms with Crippen LogP contribution >= 0.6 is 15.9 Å². The van der Waals surface area contributed by atoms with Crippen LogP contribution in [0.1, 0.15) is 16.7 Å². The van der Waals surface area contributed by atoms with Crippen LogP contribution in [0.15, 0.2) is 86.7 Å². The predicted octanol–water partition coefficient (Wildman–Crippen LogP) is 1.78. The van der Waals surface area contributed by atoms with Crippen molar-refractivity contribution < 1.29 is 30.7 Å². The number of pyridine rings is 1. The zero-order valence-electron chi connectivity index (χ0n) is 15.8. The third-order valence-corrected chi connectivity index (χ3v) is 5.04. The van der Waals surface area contributed by atoms with Crippen LogP contribution in [0, 0.1) is 6.92 Å². The third-order valence-electron chi connectivity index (χ3n) is 4.54. The number of hydrogen-bond acceptors (Lipinski definition) is 3. The number of hydrogen-bond donors (Lipinski definition) is 0. The van der Waals surface area contributed by atoms with Gasteiger partial charge in [-0.1, -0.05) is 28.1 Å². The van der Waals surface area contributed by atoms with Gasteiger partial charge in [0.15, 0.2) is 18.9 Å². The molecule has 0 spiro atoms. The van der Waals surface area contributed by atoms with E-state index in [1.165, 1.54) is 11.6 Å². The fraction of sp³-hybridized carbons (Fsp3) is 0.130. The molecule has 2 aromatic heterocycles. The van der Waals surface area contributed by atoms with Gasteiger partial charge in [-0.15, -0.1) is 0 Å². The molecule has 0 atom stereocenters. The van der Waals surface area contributed by atoms with Gasteiger partial charge in [-0.3, -0.25) is 0 Å². The van der Waals surface area contributed by atoms with Crippen LogP contribution in [0.2, 0.25) is 0 Å². The highest BCUT2D eigenvalue weighted by Crippen LogP contribution is 2.22. The van der Waals surface area contributed by atoms with Gasteiger partial charge < -0.3 is 26.1 Å². The molecular weight excluding hydrogens is 498 g/mol. The maximum atomic E-state index is 11.6. The fourth-order valence-corrected chi connectivity index (χ4v) is 3.54. The minimum atomic E-state index is -0.347. The molecule has 0 aliphatic heterocycles. The van der Waals surface area contributed by atoms with E-state index in [2.05, 4.69) is 32.6 Å². The highest BCUT2D eigenvalue weighted by molar-refractivity contribution is 9.10. The molecule has 6 heteroatoms. The minimum absolute atomic E-state index is 0. The van der Waals surface area contributed by atoms with Gasteiger partial charge in [-0.25, -0.2) is 9.36 Å². The van der Waals surface area contributed by atoms with Crippen LogP contribution in [-0.4, -0.2) is 0 Å². The Balaban J connectivity index is 0.00000240. The van der Waals surface area contributed by atoms with Gasteiger partial charge in [0.05, 0.1) is 0 Å². The summed E-state index contributed by atoms with van der Waals surface area (Å²) in [6, 6.07) is 19.4. The third kappa shape index (κ3) is 5.34. The van der Waals surface area contributed by atoms with Crippen LogP contribution in [0.25, 0.3) is 11.0 Å². The number of ether oxygens (including phenoxy) is 1. The lowest BCUT2D eigenvalue weighted by molar-refractivity contribution is -0.688. The van der Waals surface area contributed by atoms with E-state index in [1.807, 2.05) is 55.7 Å². The summed E-state index contributed by atoms with van der Waals surface area (Å²) in [5.41, 5.74) is 3.39. The first kappa shape index (κ1) is 21.3. The average Bonchev–Trinajstić information content (AvgIpc) is 2.67. The Bertz CT molecular complexity index is 1190. The van der Waals surface area contributed by atoms with E-state index in [-0.39, 0.29) is 22.6 Å². The van der Waals surface area contributed by atoms with Crippen molar-refractivity contribution in [2.45, 2.75) is 20.1 Å². The first-order chi connectivity index (χ1) is 13.6. The van der Waals surface area contributed by atoms with Crippen LogP contribution in [0.5, 0.6) is 5.75 Å². The normalized spacial score (nSPS) is 10.6. The number of aryl methyl sites for hydroxylation is 1. The lowest BCUT2D eigenvalue weighted by Gasteiger charge is -2.07. The Morgan fingerprint density at radius 3 is 2.55 bits per heavy atom. The van der Waals surface area contributed by atoms with E-state index >= 15 is 0 Å². The molecule has 0 unspecified atom stereocenters. The Labute approximate surface area is 187 Å². The van der Waals surface area contributed by atoms with Gasteiger partial charge in [0.1, 0.15) is 17.9 Å². The van der Waals surface area contributed by atoms with E-state index in [1.54, 1.807) is 6.07 Å². The summed E-state index contributed by atoms with van der Waals surface area (Å²) in [5, 5.41) is 0.917. The second-order valence-electron chi connectivity index (χ2n) is 6.70. The topological polar surface area (TPSA) is 43.3 Å². The molecule has 0 amide bonds. The molecule has 4 rings (SSSR count). The monoisotopic (exact) mass is 515 g/mol. The van der Waals surface area contributed by atoms with Gasteiger partial charge in [0.25, 0.3) is 0 Å². The maximum absolute atomic E-state index is 11.6. The van der Waals surface area contributed by atoms with Crippen molar-refractivity contribution in [1.29, 1.82) is 0 Å². The van der Waals surface area contributed by atoms with Crippen molar-refractivity contribution in [3.05, 3.63) is 105 Å². The summed E-state index contributed by atoms with van der Waals surface area (Å²) < 4.78 is 14.4. The molecule has 0 radical (unpaired) electrons. The largest absolute Gasteiger partial charge is 1.00 e. The van der Waals surface area contributed by atoms with Gasteiger partial charge in [0.2, 0.25) is 0 Å². The summed E-state index contributed by atoms with van der Waals surface area (Å²) in [5.74, 6) is 0.673. The summed E-state index contributed by atoms with van der Waals surface area (Å²) in [4.78, 5) is 11.6. The van der Waals surface area contributed by atoms with Crippen molar-refractivity contribution >= 4 is 26.9 Å². The van der Waals surface area contributed by atoms with Crippen LogP contribution in [0.3, 0.4) is 0 Å². The van der Waals surface area contributed by atoms with E-state index in [0.717, 1.165) is 27.5 Å². The zero-order chi connectivity index (χ0) is 19.5. The van der Waals surface area contributed by atoms with Crippen LogP contribution < -0.4 is 31.9 Å². The fourth-order valence-electron chi connectivity index (χ4n) is 3.10. The second kappa shape index (κ2) is 9.37. The van der Waals surface area contributed by atoms with Gasteiger partial charge >= 0.3 is 5.63 Å². The Morgan fingerprint density at radius 1 is 1.00 bits per heavy atom. The molecule has 0 N–H and O–H groups in total. The van der Waals surface area contributed by atoms with E-state index in [4.69, 9.17) is 9.15 Å². The summed E-state index contributed by atoms with van der Waals surface area (Å²) in [7, 11) is 0. The SMILES string of the molecule is Cc1cc(=O)oc2cc(OCc3cc[n+](Cc4cccc(Br)c4)cc3)ccc12.[Br-]. The maximum Gasteiger partial charge on any atom is 0.336 e. The molecule has 2 aromatic carbocycles. The molecule has 29 heavy (non-hydrogen) atoms. The molecule has 2 heterocycles. The van der Waals surface area contributed by atoms with Gasteiger partial charge in [-0.05, 0) is 36.8 Å². The standard InChI is InChI=1S/C23H19BrNO3.BrH/c1-16-11-23(26)28-22-13-20(5-6-21(16)22)27-15-17-7-9-25(10-8-17)14-18-3-2-4-19(24)12-18;/h2-13H,14-15H2,1H3;1H/q+1;/p-1. The van der Waals surface area contributed by atoms with Crippen LogP contribution in [-0.2, 0) is 13.2 Å². The van der Waals surface area contributed by atoms with Gasteiger partial charge in [0, 0.05) is 45.3 Å². The van der Waals surface area contributed by atoms with Crippen molar-refractivity contribution in [2.24, 2.45) is 0 Å². The lowest BCUT2D eigenvalue weighted by Crippen LogP contribution is -3.00. The quantitative estimate of drug-likeness (QED) is 0.300. The van der Waals surface area contributed by atoms with Gasteiger partial charge in [-0.2, -0.15) is 0 Å². The van der Waals surface area contributed by atoms with E-state index < -0.39 is 0 Å². The first-order valence-electron chi connectivity index (χ1n) is 8.96. The molecule has 0 bridgehead atoms. The molecule has 4 nitrogen and oxygen atoms in total. The smallest absolute Gasteiger partial charge is 0.336 e. The Hall–Kier alpha value is -2.44. The Kier molecular flexibility index (Phi) is 6.87. The molecule has 0 saturated heterocycles. The number of aromatic nitrogens is 1. The summed E-state index contributed by atoms with van der Waals surface area (Å²) in [6.07, 6.45) is 4.09. The first-order valence-corrected chi connectivity index (χ1v) is 9.76. The number of nitrogens with zero attached hydrogens (tertiary/aromatic N) is 1. The highest BCUT2D eigenvalue weighted by Gasteiger charge is 2.06. The second-order valence-corrected chi connectivity index (χ2v) is 7.62. The molecule has 0 fully saturated rings. The molecule has 148 valence electrons. The Morgan fingerprint density at radius 2 is 1.79 bits per heavy atom. The number of rotatable bonds is 5. The summed E-state index contributed by atoms with van der Waals surface area (Å²) >= 11 is 3.50. The number of halogens is 2. The van der Waals surface area contributed by atoms with Crippen molar-refractivity contribution in [1.82, 2.24) is 0 Å². The van der Waals surface area contributed by atoms with E-state index in [0.29, 0.717) is 17.9 Å². The zero-order valence-corrected chi connectivity index (χ0v) is 18.9. The predicted molar refractivity (Wildman–Crippen MR) is 111 cm³/mol. The number of benzene rings is 2. The molecule has 0 aliphatic carbocycles. The summed E-state index contributed by atoms with van der Waals surface area (Å²) in [6.45, 7) is 3.15. The molecular formula is C23H19Br2NO3. The highest BCUT2D eigenvalue weighted by atomic mass is 79.9. The molecule has 0 aliphatic rings. The van der Waals surface area contributed by atoms with Crippen molar-refractivity contribution in [3.8, 4) is 5.75 Å². The van der Waals surface area contributed by atoms with Crippen LogP contribution in [0.4, 0.5) is 0 Å². The van der Waals surface area contributed by atoms with Crippen molar-refractivity contribution in [2.75, 3.05) is 0 Å². The lowest BCUT2D eigenvalue weighted by atomic mass is 10.1. The molecule has 4 aromatic rings.